The molecule has 0 spiro atoms. The van der Waals surface area contributed by atoms with Gasteiger partial charge in [0.05, 0.1) is 0 Å². The number of carbonyl (C=O) groups is 1. The fourth-order valence-corrected chi connectivity index (χ4v) is 3.57. The second kappa shape index (κ2) is 8.11. The quantitative estimate of drug-likeness (QED) is 0.817. The van der Waals surface area contributed by atoms with Crippen molar-refractivity contribution in [3.63, 3.8) is 0 Å². The number of nitrogens with zero attached hydrogens (tertiary/aromatic N) is 1. The zero-order chi connectivity index (χ0) is 16.8. The molecule has 2 aromatic rings. The highest BCUT2D eigenvalue weighted by atomic mass is 16.7. The first-order valence-corrected chi connectivity index (χ1v) is 8.83. The summed E-state index contributed by atoms with van der Waals surface area (Å²) in [4.78, 5) is 16.8. The van der Waals surface area contributed by atoms with Gasteiger partial charge in [-0.3, -0.25) is 4.79 Å². The van der Waals surface area contributed by atoms with E-state index in [4.69, 9.17) is 4.84 Å². The van der Waals surface area contributed by atoms with E-state index >= 15 is 0 Å². The summed E-state index contributed by atoms with van der Waals surface area (Å²) in [7, 11) is 0. The first-order valence-electron chi connectivity index (χ1n) is 8.83. The van der Waals surface area contributed by atoms with Gasteiger partial charge in [-0.1, -0.05) is 67.6 Å². The van der Waals surface area contributed by atoms with Crippen molar-refractivity contribution in [3.8, 4) is 0 Å². The van der Waals surface area contributed by atoms with Crippen molar-refractivity contribution in [3.05, 3.63) is 71.8 Å². The van der Waals surface area contributed by atoms with Crippen LogP contribution in [0.3, 0.4) is 0 Å². The molecule has 3 rings (SSSR count). The zero-order valence-corrected chi connectivity index (χ0v) is 14.2. The second-order valence-electron chi connectivity index (χ2n) is 6.38. The van der Waals surface area contributed by atoms with E-state index in [1.54, 1.807) is 0 Å². The molecule has 2 aromatic carbocycles. The lowest BCUT2D eigenvalue weighted by atomic mass is 9.76. The molecule has 0 unspecified atom stereocenters. The molecular weight excluding hydrogens is 298 g/mol. The molecule has 3 nitrogen and oxygen atoms in total. The first-order chi connectivity index (χ1) is 11.8. The Bertz CT molecular complexity index is 594. The Hall–Kier alpha value is -2.13. The summed E-state index contributed by atoms with van der Waals surface area (Å²) >= 11 is 0. The summed E-state index contributed by atoms with van der Waals surface area (Å²) in [5.41, 5.74) is 2.74. The summed E-state index contributed by atoms with van der Waals surface area (Å²) in [6.07, 6.45) is 2.49. The summed E-state index contributed by atoms with van der Waals surface area (Å²) in [5.74, 6) is 0.818. The molecule has 0 radical (unpaired) electrons. The maximum absolute atomic E-state index is 11.5. The van der Waals surface area contributed by atoms with E-state index in [0.717, 1.165) is 25.9 Å². The molecule has 1 aliphatic heterocycles. The van der Waals surface area contributed by atoms with Crippen molar-refractivity contribution >= 4 is 5.97 Å². The minimum Gasteiger partial charge on any atom is -0.368 e. The molecule has 0 amide bonds. The molecule has 0 saturated carbocycles. The van der Waals surface area contributed by atoms with Crippen LogP contribution in [0.15, 0.2) is 60.7 Å². The number of piperidine rings is 1. The van der Waals surface area contributed by atoms with Gasteiger partial charge in [0.25, 0.3) is 0 Å². The van der Waals surface area contributed by atoms with Crippen LogP contribution in [0.1, 0.15) is 43.2 Å². The second-order valence-corrected chi connectivity index (χ2v) is 6.38. The van der Waals surface area contributed by atoms with E-state index in [-0.39, 0.29) is 5.97 Å². The van der Waals surface area contributed by atoms with Crippen LogP contribution in [0.25, 0.3) is 0 Å². The van der Waals surface area contributed by atoms with Crippen molar-refractivity contribution in [1.29, 1.82) is 0 Å². The van der Waals surface area contributed by atoms with Gasteiger partial charge in [-0.05, 0) is 29.9 Å². The Balaban J connectivity index is 1.75. The Morgan fingerprint density at radius 1 is 1.00 bits per heavy atom. The summed E-state index contributed by atoms with van der Waals surface area (Å²) in [6, 6.07) is 21.5. The van der Waals surface area contributed by atoms with Crippen LogP contribution in [-0.2, 0) is 9.63 Å². The molecule has 1 saturated heterocycles. The van der Waals surface area contributed by atoms with Crippen molar-refractivity contribution in [2.75, 3.05) is 13.1 Å². The molecule has 1 aliphatic rings. The third-order valence-electron chi connectivity index (χ3n) is 4.81. The summed E-state index contributed by atoms with van der Waals surface area (Å²) in [6.45, 7) is 3.45. The van der Waals surface area contributed by atoms with E-state index in [1.807, 2.05) is 12.0 Å². The fraction of sp³-hybridized carbons (Fsp3) is 0.381. The topological polar surface area (TPSA) is 29.5 Å². The van der Waals surface area contributed by atoms with E-state index in [9.17, 15) is 4.79 Å². The van der Waals surface area contributed by atoms with Gasteiger partial charge in [0.15, 0.2) is 0 Å². The average molecular weight is 323 g/mol. The molecule has 1 fully saturated rings. The maximum Gasteiger partial charge on any atom is 0.324 e. The smallest absolute Gasteiger partial charge is 0.324 e. The molecule has 3 heteroatoms. The minimum atomic E-state index is -0.142. The zero-order valence-electron chi connectivity index (χ0n) is 14.2. The van der Waals surface area contributed by atoms with Gasteiger partial charge in [-0.15, -0.1) is 5.06 Å². The largest absolute Gasteiger partial charge is 0.368 e. The molecule has 0 bridgehead atoms. The first kappa shape index (κ1) is 16.7. The molecule has 0 N–H and O–H groups in total. The number of rotatable bonds is 5. The van der Waals surface area contributed by atoms with Crippen molar-refractivity contribution in [1.82, 2.24) is 5.06 Å². The van der Waals surface area contributed by atoms with Crippen molar-refractivity contribution in [2.45, 2.75) is 32.1 Å². The molecule has 126 valence electrons. The molecule has 0 aliphatic carbocycles. The monoisotopic (exact) mass is 323 g/mol. The van der Waals surface area contributed by atoms with Crippen LogP contribution in [-0.4, -0.2) is 24.1 Å². The predicted octanol–water partition coefficient (Wildman–Crippen LogP) is 4.40. The lowest BCUT2D eigenvalue weighted by Gasteiger charge is -2.35. The fourth-order valence-electron chi connectivity index (χ4n) is 3.57. The van der Waals surface area contributed by atoms with Crippen LogP contribution in [0.4, 0.5) is 0 Å². The average Bonchev–Trinajstić information content (AvgIpc) is 2.65. The number of carbonyl (C=O) groups excluding carboxylic acids is 1. The molecule has 0 aromatic heterocycles. The highest BCUT2D eigenvalue weighted by Crippen LogP contribution is 2.37. The Kier molecular flexibility index (Phi) is 5.65. The SMILES string of the molecule is CCC(=O)ON1CCC(C(c2ccccc2)c2ccccc2)CC1. The summed E-state index contributed by atoms with van der Waals surface area (Å²) < 4.78 is 0. The molecular formula is C21H25NO2. The normalized spacial score (nSPS) is 16.2. The van der Waals surface area contributed by atoms with Gasteiger partial charge in [-0.2, -0.15) is 0 Å². The minimum absolute atomic E-state index is 0.142. The maximum atomic E-state index is 11.5. The van der Waals surface area contributed by atoms with Crippen molar-refractivity contribution < 1.29 is 9.63 Å². The lowest BCUT2D eigenvalue weighted by Crippen LogP contribution is -2.37. The Labute approximate surface area is 144 Å². The number of hydrogen-bond acceptors (Lipinski definition) is 3. The van der Waals surface area contributed by atoms with Crippen LogP contribution in [0, 0.1) is 5.92 Å². The number of hydrogen-bond donors (Lipinski definition) is 0. The van der Waals surface area contributed by atoms with E-state index in [2.05, 4.69) is 60.7 Å². The van der Waals surface area contributed by atoms with Crippen molar-refractivity contribution in [2.24, 2.45) is 5.92 Å². The van der Waals surface area contributed by atoms with Gasteiger partial charge in [-0.25, -0.2) is 0 Å². The summed E-state index contributed by atoms with van der Waals surface area (Å²) in [5, 5.41) is 1.83. The number of benzene rings is 2. The highest BCUT2D eigenvalue weighted by molar-refractivity contribution is 5.68. The van der Waals surface area contributed by atoms with Gasteiger partial charge in [0.2, 0.25) is 0 Å². The highest BCUT2D eigenvalue weighted by Gasteiger charge is 2.29. The van der Waals surface area contributed by atoms with Crippen LogP contribution in [0.5, 0.6) is 0 Å². The Morgan fingerprint density at radius 2 is 1.50 bits per heavy atom. The van der Waals surface area contributed by atoms with E-state index in [0.29, 0.717) is 18.3 Å². The standard InChI is InChI=1S/C21H25NO2/c1-2-20(23)24-22-15-13-19(14-16-22)21(17-9-5-3-6-10-17)18-11-7-4-8-12-18/h3-12,19,21H,2,13-16H2,1H3. The molecule has 0 atom stereocenters. The van der Waals surface area contributed by atoms with E-state index < -0.39 is 0 Å². The third-order valence-corrected chi connectivity index (χ3v) is 4.81. The van der Waals surface area contributed by atoms with Crippen LogP contribution >= 0.6 is 0 Å². The van der Waals surface area contributed by atoms with Gasteiger partial charge in [0.1, 0.15) is 0 Å². The molecule has 1 heterocycles. The van der Waals surface area contributed by atoms with Gasteiger partial charge >= 0.3 is 5.97 Å². The van der Waals surface area contributed by atoms with Gasteiger partial charge < -0.3 is 4.84 Å². The van der Waals surface area contributed by atoms with E-state index in [1.165, 1.54) is 11.1 Å². The lowest BCUT2D eigenvalue weighted by molar-refractivity contribution is -0.196. The van der Waals surface area contributed by atoms with Crippen LogP contribution < -0.4 is 0 Å². The third kappa shape index (κ3) is 4.04. The predicted molar refractivity (Wildman–Crippen MR) is 95.4 cm³/mol. The number of hydroxylamine groups is 2. The van der Waals surface area contributed by atoms with Crippen LogP contribution in [0.2, 0.25) is 0 Å². The molecule has 24 heavy (non-hydrogen) atoms. The Morgan fingerprint density at radius 3 is 1.96 bits per heavy atom. The van der Waals surface area contributed by atoms with Gasteiger partial charge in [0, 0.05) is 25.4 Å².